The first-order valence-corrected chi connectivity index (χ1v) is 10.7. The summed E-state index contributed by atoms with van der Waals surface area (Å²) in [6, 6.07) is 10.3. The number of hydrogen-bond acceptors (Lipinski definition) is 5. The Morgan fingerprint density at radius 1 is 1.13 bits per heavy atom. The number of hydrogen-bond donors (Lipinski definition) is 1. The molecule has 6 nitrogen and oxygen atoms in total. The Hall–Kier alpha value is -3.13. The lowest BCUT2D eigenvalue weighted by Crippen LogP contribution is -2.18. The van der Waals surface area contributed by atoms with Crippen LogP contribution in [0.1, 0.15) is 17.0 Å². The van der Waals surface area contributed by atoms with Gasteiger partial charge in [-0.3, -0.25) is 4.79 Å². The number of anilines is 1. The smallest absolute Gasteiger partial charge is 0.253 e. The quantitative estimate of drug-likeness (QED) is 0.485. The third kappa shape index (κ3) is 3.70. The van der Waals surface area contributed by atoms with E-state index in [0.717, 1.165) is 33.7 Å². The minimum atomic E-state index is -0.256. The zero-order chi connectivity index (χ0) is 21.4. The summed E-state index contributed by atoms with van der Waals surface area (Å²) in [4.78, 5) is 21.6. The molecule has 0 saturated heterocycles. The Morgan fingerprint density at radius 3 is 2.53 bits per heavy atom. The average molecular weight is 424 g/mol. The summed E-state index contributed by atoms with van der Waals surface area (Å²) in [5, 5.41) is 0. The molecule has 0 amide bonds. The fourth-order valence-electron chi connectivity index (χ4n) is 3.54. The van der Waals surface area contributed by atoms with E-state index in [-0.39, 0.29) is 11.4 Å². The number of imidazole rings is 1. The summed E-state index contributed by atoms with van der Waals surface area (Å²) in [7, 11) is 1.74. The number of aromatic nitrogens is 4. The van der Waals surface area contributed by atoms with Crippen molar-refractivity contribution in [3.05, 3.63) is 75.7 Å². The topological polar surface area (TPSA) is 64.7 Å². The predicted molar refractivity (Wildman–Crippen MR) is 120 cm³/mol. The van der Waals surface area contributed by atoms with E-state index in [1.165, 1.54) is 24.1 Å². The first-order valence-electron chi connectivity index (χ1n) is 9.46. The van der Waals surface area contributed by atoms with E-state index >= 15 is 0 Å². The molecule has 0 saturated carbocycles. The highest BCUT2D eigenvalue weighted by molar-refractivity contribution is 7.99. The molecule has 1 aromatic carbocycles. The standard InChI is InChI=1S/C22H22FN5OS/c1-13-9-16(12-27(3)22(13)29)18-10-19-20(21(25-18)26-30-4)24-14(2)28(19)11-15-5-7-17(23)8-6-15/h5-10,12H,11H2,1-4H3,(H,25,26). The van der Waals surface area contributed by atoms with Crippen LogP contribution in [-0.2, 0) is 13.6 Å². The van der Waals surface area contributed by atoms with Crippen LogP contribution in [0.4, 0.5) is 10.2 Å². The van der Waals surface area contributed by atoms with Crippen LogP contribution in [0.25, 0.3) is 22.3 Å². The zero-order valence-corrected chi connectivity index (χ0v) is 18.0. The second-order valence-electron chi connectivity index (χ2n) is 7.23. The molecule has 0 aliphatic heterocycles. The van der Waals surface area contributed by atoms with Crippen molar-refractivity contribution in [2.75, 3.05) is 11.0 Å². The molecule has 0 bridgehead atoms. The minimum Gasteiger partial charge on any atom is -0.324 e. The molecule has 0 aliphatic rings. The molecule has 1 N–H and O–H groups in total. The van der Waals surface area contributed by atoms with Gasteiger partial charge in [-0.25, -0.2) is 14.4 Å². The van der Waals surface area contributed by atoms with Crippen LogP contribution in [0.15, 0.2) is 47.4 Å². The molecular formula is C22H22FN5OS. The van der Waals surface area contributed by atoms with Crippen molar-refractivity contribution in [1.82, 2.24) is 19.1 Å². The third-order valence-corrected chi connectivity index (χ3v) is 5.44. The maximum absolute atomic E-state index is 13.3. The van der Waals surface area contributed by atoms with Crippen molar-refractivity contribution in [3.8, 4) is 11.3 Å². The van der Waals surface area contributed by atoms with Gasteiger partial charge < -0.3 is 13.9 Å². The Labute approximate surface area is 177 Å². The second-order valence-corrected chi connectivity index (χ2v) is 7.84. The Bertz CT molecular complexity index is 1270. The van der Waals surface area contributed by atoms with Crippen LogP contribution in [-0.4, -0.2) is 25.4 Å². The van der Waals surface area contributed by atoms with Gasteiger partial charge in [-0.1, -0.05) is 24.1 Å². The van der Waals surface area contributed by atoms with Gasteiger partial charge >= 0.3 is 0 Å². The van der Waals surface area contributed by atoms with E-state index in [1.807, 2.05) is 25.3 Å². The summed E-state index contributed by atoms with van der Waals surface area (Å²) < 4.78 is 20.2. The number of nitrogens with one attached hydrogen (secondary N) is 1. The summed E-state index contributed by atoms with van der Waals surface area (Å²) in [5.41, 5.74) is 4.91. The monoisotopic (exact) mass is 423 g/mol. The van der Waals surface area contributed by atoms with Gasteiger partial charge in [0.05, 0.1) is 11.2 Å². The van der Waals surface area contributed by atoms with E-state index in [2.05, 4.69) is 9.29 Å². The number of nitrogens with zero attached hydrogens (tertiary/aromatic N) is 4. The fourth-order valence-corrected chi connectivity index (χ4v) is 3.88. The molecule has 8 heteroatoms. The number of aryl methyl sites for hydroxylation is 3. The fraction of sp³-hybridized carbons (Fsp3) is 0.227. The van der Waals surface area contributed by atoms with Crippen molar-refractivity contribution in [1.29, 1.82) is 0 Å². The van der Waals surface area contributed by atoms with Crippen LogP contribution in [0, 0.1) is 19.7 Å². The van der Waals surface area contributed by atoms with Gasteiger partial charge in [0, 0.05) is 37.2 Å². The van der Waals surface area contributed by atoms with E-state index in [1.54, 1.807) is 36.9 Å². The molecule has 0 atom stereocenters. The van der Waals surface area contributed by atoms with Gasteiger partial charge in [0.1, 0.15) is 17.2 Å². The maximum Gasteiger partial charge on any atom is 0.253 e. The first kappa shape index (κ1) is 20.2. The van der Waals surface area contributed by atoms with Crippen molar-refractivity contribution >= 4 is 28.8 Å². The lowest BCUT2D eigenvalue weighted by Gasteiger charge is -2.11. The second kappa shape index (κ2) is 7.95. The lowest BCUT2D eigenvalue weighted by molar-refractivity contribution is 0.626. The highest BCUT2D eigenvalue weighted by Gasteiger charge is 2.16. The summed E-state index contributed by atoms with van der Waals surface area (Å²) in [6.07, 6.45) is 3.72. The van der Waals surface area contributed by atoms with Gasteiger partial charge in [0.2, 0.25) is 0 Å². The number of fused-ring (bicyclic) bond motifs is 1. The molecule has 154 valence electrons. The van der Waals surface area contributed by atoms with Crippen molar-refractivity contribution in [3.63, 3.8) is 0 Å². The molecule has 0 fully saturated rings. The largest absolute Gasteiger partial charge is 0.324 e. The van der Waals surface area contributed by atoms with Crippen LogP contribution >= 0.6 is 11.9 Å². The normalized spacial score (nSPS) is 11.2. The number of halogens is 1. The van der Waals surface area contributed by atoms with Crippen molar-refractivity contribution in [2.24, 2.45) is 7.05 Å². The lowest BCUT2D eigenvalue weighted by atomic mass is 10.1. The van der Waals surface area contributed by atoms with Crippen LogP contribution in [0.2, 0.25) is 0 Å². The van der Waals surface area contributed by atoms with E-state index < -0.39 is 0 Å². The van der Waals surface area contributed by atoms with Crippen molar-refractivity contribution < 1.29 is 4.39 Å². The highest BCUT2D eigenvalue weighted by Crippen LogP contribution is 2.30. The van der Waals surface area contributed by atoms with Gasteiger partial charge in [0.15, 0.2) is 5.82 Å². The van der Waals surface area contributed by atoms with Crippen molar-refractivity contribution in [2.45, 2.75) is 20.4 Å². The van der Waals surface area contributed by atoms with E-state index in [9.17, 15) is 9.18 Å². The number of benzene rings is 1. The molecule has 0 radical (unpaired) electrons. The van der Waals surface area contributed by atoms with Crippen LogP contribution in [0.5, 0.6) is 0 Å². The Kier molecular flexibility index (Phi) is 5.34. The predicted octanol–water partition coefficient (Wildman–Crippen LogP) is 4.29. The summed E-state index contributed by atoms with van der Waals surface area (Å²) in [6.45, 7) is 4.31. The molecule has 0 aliphatic carbocycles. The van der Waals surface area contributed by atoms with Gasteiger partial charge in [-0.05, 0) is 43.7 Å². The number of pyridine rings is 2. The summed E-state index contributed by atoms with van der Waals surface area (Å²) in [5.74, 6) is 1.26. The first-order chi connectivity index (χ1) is 14.4. The third-order valence-electron chi connectivity index (χ3n) is 5.04. The molecule has 3 heterocycles. The zero-order valence-electron chi connectivity index (χ0n) is 17.2. The van der Waals surface area contributed by atoms with E-state index in [4.69, 9.17) is 9.97 Å². The SMILES string of the molecule is CSNc1nc(-c2cc(C)c(=O)n(C)c2)cc2c1nc(C)n2Cc1ccc(F)cc1. The average Bonchev–Trinajstić information content (AvgIpc) is 3.03. The van der Waals surface area contributed by atoms with Crippen LogP contribution in [0.3, 0.4) is 0 Å². The molecule has 0 unspecified atom stereocenters. The minimum absolute atomic E-state index is 0.0283. The van der Waals surface area contributed by atoms with Gasteiger partial charge in [0.25, 0.3) is 5.56 Å². The van der Waals surface area contributed by atoms with E-state index in [0.29, 0.717) is 17.9 Å². The molecule has 4 rings (SSSR count). The molecule has 30 heavy (non-hydrogen) atoms. The van der Waals surface area contributed by atoms with Gasteiger partial charge in [-0.15, -0.1) is 0 Å². The number of rotatable bonds is 5. The Morgan fingerprint density at radius 2 is 1.87 bits per heavy atom. The van der Waals surface area contributed by atoms with Gasteiger partial charge in [-0.2, -0.15) is 0 Å². The summed E-state index contributed by atoms with van der Waals surface area (Å²) >= 11 is 1.44. The molecule has 0 spiro atoms. The van der Waals surface area contributed by atoms with Crippen LogP contribution < -0.4 is 10.3 Å². The molecule has 3 aromatic heterocycles. The molecular weight excluding hydrogens is 401 g/mol. The molecule has 4 aromatic rings. The highest BCUT2D eigenvalue weighted by atomic mass is 32.2. The maximum atomic E-state index is 13.3. The Balaban J connectivity index is 1.91.